The molecule has 2 N–H and O–H groups in total. The Kier molecular flexibility index (Phi) is 4.69. The van der Waals surface area contributed by atoms with Crippen LogP contribution in [-0.2, 0) is 16.0 Å². The Balaban J connectivity index is 2.40. The number of imidazole rings is 1. The Morgan fingerprint density at radius 1 is 1.62 bits per heavy atom. The molecule has 0 saturated carbocycles. The lowest BCUT2D eigenvalue weighted by Crippen LogP contribution is -2.37. The maximum atomic E-state index is 11.5. The van der Waals surface area contributed by atoms with E-state index in [2.05, 4.69) is 15.3 Å². The summed E-state index contributed by atoms with van der Waals surface area (Å²) < 4.78 is 0. The molecule has 1 amide bonds. The summed E-state index contributed by atoms with van der Waals surface area (Å²) in [5.74, 6) is 0.200. The second kappa shape index (κ2) is 6.05. The third-order valence-corrected chi connectivity index (χ3v) is 2.13. The van der Waals surface area contributed by atoms with Gasteiger partial charge < -0.3 is 15.1 Å². The number of amides is 1. The van der Waals surface area contributed by atoms with Crippen LogP contribution < -0.4 is 5.32 Å². The van der Waals surface area contributed by atoms with Crippen LogP contribution in [0.4, 0.5) is 0 Å². The fraction of sp³-hybridized carbons (Fsp3) is 0.545. The normalized spacial score (nSPS) is 12.4. The molecule has 16 heavy (non-hydrogen) atoms. The van der Waals surface area contributed by atoms with Crippen LogP contribution in [0.1, 0.15) is 26.0 Å². The molecular weight excluding hydrogens is 206 g/mol. The first-order valence-corrected chi connectivity index (χ1v) is 5.34. The van der Waals surface area contributed by atoms with Gasteiger partial charge in [-0.25, -0.2) is 4.98 Å². The van der Waals surface area contributed by atoms with Gasteiger partial charge in [0, 0.05) is 6.20 Å². The summed E-state index contributed by atoms with van der Waals surface area (Å²) in [6, 6.07) is -0.397. The van der Waals surface area contributed by atoms with E-state index in [0.29, 0.717) is 18.0 Å². The van der Waals surface area contributed by atoms with Gasteiger partial charge in [0.15, 0.2) is 0 Å². The van der Waals surface area contributed by atoms with Crippen molar-refractivity contribution in [3.63, 3.8) is 0 Å². The zero-order valence-corrected chi connectivity index (χ0v) is 9.56. The van der Waals surface area contributed by atoms with E-state index in [0.717, 1.165) is 6.29 Å². The van der Waals surface area contributed by atoms with E-state index >= 15 is 0 Å². The molecule has 1 aromatic heterocycles. The summed E-state index contributed by atoms with van der Waals surface area (Å²) in [6.07, 6.45) is 4.83. The molecule has 1 heterocycles. The van der Waals surface area contributed by atoms with E-state index in [-0.39, 0.29) is 12.3 Å². The zero-order chi connectivity index (χ0) is 12.0. The second-order valence-electron chi connectivity index (χ2n) is 4.18. The number of aromatic nitrogens is 2. The van der Waals surface area contributed by atoms with E-state index in [4.69, 9.17) is 0 Å². The first-order chi connectivity index (χ1) is 7.61. The van der Waals surface area contributed by atoms with Gasteiger partial charge in [-0.2, -0.15) is 0 Å². The van der Waals surface area contributed by atoms with Crippen molar-refractivity contribution in [2.24, 2.45) is 5.92 Å². The molecule has 5 nitrogen and oxygen atoms in total. The summed E-state index contributed by atoms with van der Waals surface area (Å²) in [4.78, 5) is 29.0. The Labute approximate surface area is 94.7 Å². The SMILES string of the molecule is CC(C)C[C@@H](C=O)NC(=O)Cc1c[nH]cn1. The van der Waals surface area contributed by atoms with Crippen molar-refractivity contribution in [3.05, 3.63) is 18.2 Å². The van der Waals surface area contributed by atoms with Crippen LogP contribution in [0.15, 0.2) is 12.5 Å². The van der Waals surface area contributed by atoms with Crippen molar-refractivity contribution in [2.45, 2.75) is 32.7 Å². The van der Waals surface area contributed by atoms with Gasteiger partial charge >= 0.3 is 0 Å². The average molecular weight is 223 g/mol. The largest absolute Gasteiger partial charge is 0.351 e. The van der Waals surface area contributed by atoms with Gasteiger partial charge in [-0.15, -0.1) is 0 Å². The fourth-order valence-electron chi connectivity index (χ4n) is 1.47. The molecule has 1 aromatic rings. The van der Waals surface area contributed by atoms with Crippen molar-refractivity contribution in [1.82, 2.24) is 15.3 Å². The lowest BCUT2D eigenvalue weighted by atomic mass is 10.0. The first kappa shape index (κ1) is 12.4. The topological polar surface area (TPSA) is 74.8 Å². The molecule has 0 aromatic carbocycles. The minimum Gasteiger partial charge on any atom is -0.351 e. The molecule has 88 valence electrons. The number of H-pyrrole nitrogens is 1. The number of aldehydes is 1. The highest BCUT2D eigenvalue weighted by molar-refractivity contribution is 5.81. The summed E-state index contributed by atoms with van der Waals surface area (Å²) in [5, 5.41) is 2.68. The number of hydrogen-bond acceptors (Lipinski definition) is 3. The molecule has 1 atom stereocenters. The van der Waals surface area contributed by atoms with Gasteiger partial charge in [0.05, 0.1) is 24.5 Å². The Bertz CT molecular complexity index is 333. The highest BCUT2D eigenvalue weighted by Crippen LogP contribution is 2.03. The lowest BCUT2D eigenvalue weighted by Gasteiger charge is -2.14. The van der Waals surface area contributed by atoms with E-state index < -0.39 is 6.04 Å². The van der Waals surface area contributed by atoms with Crippen LogP contribution in [0.25, 0.3) is 0 Å². The second-order valence-corrected chi connectivity index (χ2v) is 4.18. The fourth-order valence-corrected chi connectivity index (χ4v) is 1.47. The molecule has 0 aliphatic rings. The average Bonchev–Trinajstić information content (AvgIpc) is 2.68. The van der Waals surface area contributed by atoms with Gasteiger partial charge in [0.2, 0.25) is 5.91 Å². The number of nitrogens with zero attached hydrogens (tertiary/aromatic N) is 1. The Hall–Kier alpha value is -1.65. The van der Waals surface area contributed by atoms with Crippen LogP contribution in [-0.4, -0.2) is 28.2 Å². The van der Waals surface area contributed by atoms with Crippen molar-refractivity contribution < 1.29 is 9.59 Å². The Morgan fingerprint density at radius 2 is 2.38 bits per heavy atom. The highest BCUT2D eigenvalue weighted by Gasteiger charge is 2.13. The third kappa shape index (κ3) is 4.25. The van der Waals surface area contributed by atoms with Crippen LogP contribution >= 0.6 is 0 Å². The van der Waals surface area contributed by atoms with Crippen LogP contribution in [0.5, 0.6) is 0 Å². The van der Waals surface area contributed by atoms with E-state index in [1.807, 2.05) is 13.8 Å². The van der Waals surface area contributed by atoms with Gasteiger partial charge in [0.1, 0.15) is 6.29 Å². The van der Waals surface area contributed by atoms with Crippen LogP contribution in [0, 0.1) is 5.92 Å². The highest BCUT2D eigenvalue weighted by atomic mass is 16.2. The predicted molar refractivity (Wildman–Crippen MR) is 59.7 cm³/mol. The molecule has 0 radical (unpaired) electrons. The van der Waals surface area contributed by atoms with E-state index in [1.54, 1.807) is 6.20 Å². The molecule has 0 aliphatic carbocycles. The van der Waals surface area contributed by atoms with Crippen molar-refractivity contribution in [1.29, 1.82) is 0 Å². The number of nitrogens with one attached hydrogen (secondary N) is 2. The monoisotopic (exact) mass is 223 g/mol. The molecule has 5 heteroatoms. The van der Waals surface area contributed by atoms with Crippen LogP contribution in [0.3, 0.4) is 0 Å². The summed E-state index contributed by atoms with van der Waals surface area (Å²) >= 11 is 0. The molecule has 0 saturated heterocycles. The van der Waals surface area contributed by atoms with Crippen molar-refractivity contribution >= 4 is 12.2 Å². The summed E-state index contributed by atoms with van der Waals surface area (Å²) in [5.41, 5.74) is 0.673. The van der Waals surface area contributed by atoms with Gasteiger partial charge in [-0.3, -0.25) is 4.79 Å². The quantitative estimate of drug-likeness (QED) is 0.696. The minimum absolute atomic E-state index is 0.176. The number of carbonyl (C=O) groups excluding carboxylic acids is 2. The number of hydrogen-bond donors (Lipinski definition) is 2. The Morgan fingerprint density at radius 3 is 2.88 bits per heavy atom. The van der Waals surface area contributed by atoms with E-state index in [1.165, 1.54) is 6.33 Å². The van der Waals surface area contributed by atoms with Crippen LogP contribution in [0.2, 0.25) is 0 Å². The molecule has 0 fully saturated rings. The van der Waals surface area contributed by atoms with Gasteiger partial charge in [-0.05, 0) is 12.3 Å². The molecule has 0 aliphatic heterocycles. The molecule has 0 unspecified atom stereocenters. The molecule has 0 spiro atoms. The molecule has 1 rings (SSSR count). The summed E-state index contributed by atoms with van der Waals surface area (Å²) in [6.45, 7) is 4.02. The van der Waals surface area contributed by atoms with Gasteiger partial charge in [0.25, 0.3) is 0 Å². The summed E-state index contributed by atoms with van der Waals surface area (Å²) in [7, 11) is 0. The van der Waals surface area contributed by atoms with Crippen molar-refractivity contribution in [2.75, 3.05) is 0 Å². The maximum Gasteiger partial charge on any atom is 0.226 e. The smallest absolute Gasteiger partial charge is 0.226 e. The number of rotatable bonds is 6. The number of carbonyl (C=O) groups is 2. The van der Waals surface area contributed by atoms with E-state index in [9.17, 15) is 9.59 Å². The number of aromatic amines is 1. The minimum atomic E-state index is -0.397. The first-order valence-electron chi connectivity index (χ1n) is 5.34. The maximum absolute atomic E-state index is 11.5. The molecule has 0 bridgehead atoms. The predicted octanol–water partition coefficient (Wildman–Crippen LogP) is 0.682. The van der Waals surface area contributed by atoms with Crippen molar-refractivity contribution in [3.8, 4) is 0 Å². The standard InChI is InChI=1S/C11H17N3O2/c1-8(2)3-10(6-15)14-11(16)4-9-5-12-7-13-9/h5-8,10H,3-4H2,1-2H3,(H,12,13)(H,14,16)/t10-/m0/s1. The molecular formula is C11H17N3O2. The third-order valence-electron chi connectivity index (χ3n) is 2.13. The zero-order valence-electron chi connectivity index (χ0n) is 9.56. The van der Waals surface area contributed by atoms with Gasteiger partial charge in [-0.1, -0.05) is 13.8 Å². The lowest BCUT2D eigenvalue weighted by molar-refractivity contribution is -0.123.